The fourth-order valence-corrected chi connectivity index (χ4v) is 3.08. The Morgan fingerprint density at radius 1 is 1.32 bits per heavy atom. The van der Waals surface area contributed by atoms with Crippen molar-refractivity contribution in [2.75, 3.05) is 12.9 Å². The number of methoxy groups -OCH3 is 1. The van der Waals surface area contributed by atoms with Gasteiger partial charge in [0.1, 0.15) is 5.54 Å². The van der Waals surface area contributed by atoms with Gasteiger partial charge in [-0.3, -0.25) is 4.79 Å². The minimum atomic E-state index is -0.953. The molecule has 1 unspecified atom stereocenters. The summed E-state index contributed by atoms with van der Waals surface area (Å²) >= 11 is 7.40. The van der Waals surface area contributed by atoms with Crippen molar-refractivity contribution >= 4 is 35.2 Å². The van der Waals surface area contributed by atoms with E-state index in [-0.39, 0.29) is 5.91 Å². The lowest BCUT2D eigenvalue weighted by Gasteiger charge is -2.27. The van der Waals surface area contributed by atoms with E-state index in [1.807, 2.05) is 31.2 Å². The number of hydrogen-bond donors (Lipinski definition) is 1. The van der Waals surface area contributed by atoms with E-state index in [2.05, 4.69) is 5.32 Å². The first-order chi connectivity index (χ1) is 10.4. The summed E-state index contributed by atoms with van der Waals surface area (Å²) in [4.78, 5) is 24.9. The third-order valence-corrected chi connectivity index (χ3v) is 4.48. The Morgan fingerprint density at radius 3 is 2.50 bits per heavy atom. The molecule has 0 fully saturated rings. The molecule has 6 heteroatoms. The zero-order valence-electron chi connectivity index (χ0n) is 13.1. The molecule has 1 aromatic rings. The minimum Gasteiger partial charge on any atom is -0.467 e. The molecule has 0 aliphatic carbocycles. The van der Waals surface area contributed by atoms with Crippen molar-refractivity contribution in [2.45, 2.75) is 43.5 Å². The zero-order valence-corrected chi connectivity index (χ0v) is 14.7. The smallest absolute Gasteiger partial charge is 0.331 e. The predicted octanol–water partition coefficient (Wildman–Crippen LogP) is 3.67. The fourth-order valence-electron chi connectivity index (χ4n) is 2.10. The topological polar surface area (TPSA) is 55.4 Å². The van der Waals surface area contributed by atoms with Crippen LogP contribution in [0.4, 0.5) is 0 Å². The summed E-state index contributed by atoms with van der Waals surface area (Å²) in [7, 11) is 1.33. The molecule has 0 heterocycles. The molecular formula is C16H22ClNO3S. The highest BCUT2D eigenvalue weighted by molar-refractivity contribution is 7.99. The molecule has 0 aliphatic heterocycles. The highest BCUT2D eigenvalue weighted by Crippen LogP contribution is 2.21. The van der Waals surface area contributed by atoms with Crippen molar-refractivity contribution in [3.05, 3.63) is 29.3 Å². The summed E-state index contributed by atoms with van der Waals surface area (Å²) in [5, 5.41) is 3.48. The number of halogens is 1. The first-order valence-corrected chi connectivity index (χ1v) is 8.55. The van der Waals surface area contributed by atoms with Gasteiger partial charge in [0.2, 0.25) is 5.91 Å². The molecule has 1 aromatic carbocycles. The van der Waals surface area contributed by atoms with Crippen LogP contribution in [0, 0.1) is 0 Å². The van der Waals surface area contributed by atoms with Gasteiger partial charge in [0.15, 0.2) is 0 Å². The normalized spacial score (nSPS) is 13.3. The van der Waals surface area contributed by atoms with Gasteiger partial charge in [0, 0.05) is 22.1 Å². The number of esters is 1. The van der Waals surface area contributed by atoms with Gasteiger partial charge in [-0.1, -0.05) is 24.9 Å². The van der Waals surface area contributed by atoms with E-state index < -0.39 is 11.5 Å². The van der Waals surface area contributed by atoms with E-state index in [1.165, 1.54) is 7.11 Å². The zero-order chi connectivity index (χ0) is 16.6. The number of hydrogen-bond acceptors (Lipinski definition) is 4. The van der Waals surface area contributed by atoms with Crippen LogP contribution >= 0.6 is 23.4 Å². The maximum Gasteiger partial charge on any atom is 0.331 e. The molecule has 0 radical (unpaired) electrons. The summed E-state index contributed by atoms with van der Waals surface area (Å²) < 4.78 is 4.78. The molecule has 0 bridgehead atoms. The molecule has 0 aliphatic rings. The van der Waals surface area contributed by atoms with Crippen molar-refractivity contribution in [3.63, 3.8) is 0 Å². The molecule has 1 amide bonds. The first kappa shape index (κ1) is 18.8. The van der Waals surface area contributed by atoms with Gasteiger partial charge in [0.25, 0.3) is 0 Å². The molecule has 1 N–H and O–H groups in total. The van der Waals surface area contributed by atoms with Gasteiger partial charge in [-0.15, -0.1) is 11.8 Å². The number of thioether (sulfide) groups is 1. The molecule has 22 heavy (non-hydrogen) atoms. The van der Waals surface area contributed by atoms with Gasteiger partial charge in [-0.25, -0.2) is 4.79 Å². The van der Waals surface area contributed by atoms with Gasteiger partial charge in [-0.2, -0.15) is 0 Å². The average Bonchev–Trinajstić information content (AvgIpc) is 2.48. The molecular weight excluding hydrogens is 322 g/mol. The van der Waals surface area contributed by atoms with Crippen molar-refractivity contribution in [1.82, 2.24) is 5.32 Å². The molecule has 1 atom stereocenters. The number of nitrogens with one attached hydrogen (secondary N) is 1. The molecule has 0 spiro atoms. The Morgan fingerprint density at radius 2 is 1.95 bits per heavy atom. The maximum absolute atomic E-state index is 12.0. The number of carbonyl (C=O) groups is 2. The summed E-state index contributed by atoms with van der Waals surface area (Å²) in [5.74, 6) is 0.0764. The Hall–Kier alpha value is -1.20. The second kappa shape index (κ2) is 9.06. The molecule has 122 valence electrons. The largest absolute Gasteiger partial charge is 0.467 e. The van der Waals surface area contributed by atoms with E-state index in [0.29, 0.717) is 23.6 Å². The second-order valence-electron chi connectivity index (χ2n) is 5.17. The fraction of sp³-hybridized carbons (Fsp3) is 0.500. The number of rotatable bonds is 8. The maximum atomic E-state index is 12.0. The number of carbonyl (C=O) groups excluding carboxylic acids is 2. The Balaban J connectivity index is 2.47. The average molecular weight is 344 g/mol. The Bertz CT molecular complexity index is 507. The lowest BCUT2D eigenvalue weighted by molar-refractivity contribution is -0.150. The van der Waals surface area contributed by atoms with Crippen LogP contribution in [0.25, 0.3) is 0 Å². The van der Waals surface area contributed by atoms with Crippen molar-refractivity contribution in [1.29, 1.82) is 0 Å². The second-order valence-corrected chi connectivity index (χ2v) is 6.78. The van der Waals surface area contributed by atoms with Crippen LogP contribution in [0.1, 0.15) is 33.1 Å². The number of benzene rings is 1. The van der Waals surface area contributed by atoms with E-state index in [1.54, 1.807) is 18.7 Å². The Labute approximate surface area is 140 Å². The van der Waals surface area contributed by atoms with Crippen LogP contribution in [-0.2, 0) is 14.3 Å². The van der Waals surface area contributed by atoms with Gasteiger partial charge in [0.05, 0.1) is 7.11 Å². The van der Waals surface area contributed by atoms with Crippen LogP contribution in [0.3, 0.4) is 0 Å². The van der Waals surface area contributed by atoms with Gasteiger partial charge >= 0.3 is 5.97 Å². The summed E-state index contributed by atoms with van der Waals surface area (Å²) in [6, 6.07) is 7.47. The Kier molecular flexibility index (Phi) is 7.76. The monoisotopic (exact) mass is 343 g/mol. The quantitative estimate of drug-likeness (QED) is 0.578. The summed E-state index contributed by atoms with van der Waals surface area (Å²) in [6.07, 6.45) is 1.67. The third kappa shape index (κ3) is 5.89. The molecule has 1 rings (SSSR count). The first-order valence-electron chi connectivity index (χ1n) is 7.19. The summed E-state index contributed by atoms with van der Waals surface area (Å²) in [5.41, 5.74) is -0.953. The van der Waals surface area contributed by atoms with Crippen molar-refractivity contribution < 1.29 is 14.3 Å². The van der Waals surface area contributed by atoms with Gasteiger partial charge < -0.3 is 10.1 Å². The highest BCUT2D eigenvalue weighted by Gasteiger charge is 2.34. The summed E-state index contributed by atoms with van der Waals surface area (Å²) in [6.45, 7) is 3.66. The molecule has 4 nitrogen and oxygen atoms in total. The van der Waals surface area contributed by atoms with Crippen molar-refractivity contribution in [3.8, 4) is 0 Å². The van der Waals surface area contributed by atoms with E-state index >= 15 is 0 Å². The molecule has 0 saturated heterocycles. The minimum absolute atomic E-state index is 0.150. The van der Waals surface area contributed by atoms with Crippen LogP contribution in [0.15, 0.2) is 29.2 Å². The lowest BCUT2D eigenvalue weighted by Crippen LogP contribution is -2.52. The van der Waals surface area contributed by atoms with Crippen LogP contribution in [0.5, 0.6) is 0 Å². The van der Waals surface area contributed by atoms with Gasteiger partial charge in [-0.05, 0) is 37.6 Å². The number of ether oxygens (including phenoxy) is 1. The highest BCUT2D eigenvalue weighted by atomic mass is 35.5. The predicted molar refractivity (Wildman–Crippen MR) is 90.3 cm³/mol. The lowest BCUT2D eigenvalue weighted by atomic mass is 9.96. The van der Waals surface area contributed by atoms with E-state index in [4.69, 9.17) is 16.3 Å². The molecule has 0 aromatic heterocycles. The SMILES string of the molecule is CCCC(C)(NC(=O)CCSc1ccc(Cl)cc1)C(=O)OC. The van der Waals surface area contributed by atoms with E-state index in [0.717, 1.165) is 11.3 Å². The number of amides is 1. The molecule has 0 saturated carbocycles. The third-order valence-electron chi connectivity index (χ3n) is 3.21. The van der Waals surface area contributed by atoms with Crippen LogP contribution in [0.2, 0.25) is 5.02 Å². The standard InChI is InChI=1S/C16H22ClNO3S/c1-4-10-16(2,15(20)21-3)18-14(19)9-11-22-13-7-5-12(17)6-8-13/h5-8H,4,9-11H2,1-3H3,(H,18,19). The van der Waals surface area contributed by atoms with Crippen molar-refractivity contribution in [2.24, 2.45) is 0 Å². The van der Waals surface area contributed by atoms with Crippen LogP contribution in [-0.4, -0.2) is 30.3 Å². The van der Waals surface area contributed by atoms with E-state index in [9.17, 15) is 9.59 Å². The van der Waals surface area contributed by atoms with Crippen LogP contribution < -0.4 is 5.32 Å².